The van der Waals surface area contributed by atoms with E-state index in [1.54, 1.807) is 22.6 Å². The van der Waals surface area contributed by atoms with Gasteiger partial charge in [-0.05, 0) is 36.4 Å². The Morgan fingerprint density at radius 1 is 0.833 bits per heavy atom. The first kappa shape index (κ1) is 9.83. The van der Waals surface area contributed by atoms with Crippen molar-refractivity contribution >= 4 is 22.6 Å². The maximum atomic E-state index is 13.0. The quantitative estimate of drug-likeness (QED) is 0.390. The van der Waals surface area contributed by atoms with Crippen LogP contribution in [0.3, 0.4) is 0 Å². The number of hydrogen-bond donors (Lipinski definition) is 0. The summed E-state index contributed by atoms with van der Waals surface area (Å²) in [6, 6.07) is 0. The van der Waals surface area contributed by atoms with E-state index in [0.717, 1.165) is 0 Å². The molecule has 0 radical (unpaired) electrons. The molecule has 0 spiro atoms. The lowest BCUT2D eigenvalue weighted by Gasteiger charge is -2.06. The Bertz CT molecular complexity index is 229. The first-order valence-electron chi connectivity index (χ1n) is 3.26. The Morgan fingerprint density at radius 2 is 1.33 bits per heavy atom. The topological polar surface area (TPSA) is 0 Å². The highest BCUT2D eigenvalue weighted by Gasteiger charge is 2.17. The fraction of sp³-hybridized carbons (Fsp3) is 0.250. The van der Waals surface area contributed by atoms with Crippen molar-refractivity contribution in [3.8, 4) is 0 Å². The van der Waals surface area contributed by atoms with Crippen LogP contribution in [0.25, 0.3) is 0 Å². The van der Waals surface area contributed by atoms with Crippen LogP contribution in [0.5, 0.6) is 0 Å². The molecule has 0 aliphatic heterocycles. The molecule has 1 aromatic carbocycles. The van der Waals surface area contributed by atoms with Crippen molar-refractivity contribution < 1.29 is 13.2 Å². The van der Waals surface area contributed by atoms with Crippen molar-refractivity contribution in [1.82, 2.24) is 0 Å². The molecule has 12 heavy (non-hydrogen) atoms. The number of halogens is 4. The Labute approximate surface area is 81.9 Å². The average Bonchev–Trinajstić information content (AvgIpc) is 2.08. The highest BCUT2D eigenvalue weighted by Crippen LogP contribution is 2.24. The minimum atomic E-state index is -1.09. The third-order valence-corrected chi connectivity index (χ3v) is 2.98. The van der Waals surface area contributed by atoms with Crippen molar-refractivity contribution in [2.24, 2.45) is 0 Å². The van der Waals surface area contributed by atoms with E-state index in [2.05, 4.69) is 0 Å². The minimum absolute atomic E-state index is 0.00759. The van der Waals surface area contributed by atoms with E-state index in [9.17, 15) is 13.2 Å². The molecule has 0 atom stereocenters. The molecule has 0 saturated heterocycles. The van der Waals surface area contributed by atoms with E-state index in [1.165, 1.54) is 13.8 Å². The van der Waals surface area contributed by atoms with Gasteiger partial charge in [0.25, 0.3) is 0 Å². The summed E-state index contributed by atoms with van der Waals surface area (Å²) in [7, 11) is 0. The van der Waals surface area contributed by atoms with Crippen molar-refractivity contribution in [3.05, 3.63) is 32.1 Å². The molecule has 0 unspecified atom stereocenters. The average molecular weight is 286 g/mol. The normalized spacial score (nSPS) is 10.5. The maximum absolute atomic E-state index is 13.0. The molecule has 0 fully saturated rings. The van der Waals surface area contributed by atoms with Crippen LogP contribution in [-0.2, 0) is 0 Å². The van der Waals surface area contributed by atoms with Gasteiger partial charge in [-0.15, -0.1) is 0 Å². The lowest BCUT2D eigenvalue weighted by Crippen LogP contribution is -2.01. The van der Waals surface area contributed by atoms with Crippen LogP contribution in [0, 0.1) is 34.9 Å². The van der Waals surface area contributed by atoms with Gasteiger partial charge in [-0.2, -0.15) is 0 Å². The summed E-state index contributed by atoms with van der Waals surface area (Å²) in [5.74, 6) is -2.73. The summed E-state index contributed by atoms with van der Waals surface area (Å²) in [5, 5.41) is 0. The molecule has 1 rings (SSSR count). The lowest BCUT2D eigenvalue weighted by atomic mass is 10.1. The van der Waals surface area contributed by atoms with Crippen LogP contribution in [0.2, 0.25) is 0 Å². The standard InChI is InChI=1S/C8H6F3I/c1-3-5(9)4(2)8(12)7(11)6(3)10/h1-2H3. The molecular formula is C8H6F3I. The predicted molar refractivity (Wildman–Crippen MR) is 48.5 cm³/mol. The second-order valence-electron chi connectivity index (χ2n) is 2.51. The molecule has 0 nitrogen and oxygen atoms in total. The van der Waals surface area contributed by atoms with Crippen LogP contribution in [0.15, 0.2) is 0 Å². The molecule has 0 aliphatic rings. The third-order valence-electron chi connectivity index (χ3n) is 1.70. The van der Waals surface area contributed by atoms with E-state index < -0.39 is 17.5 Å². The molecule has 0 bridgehead atoms. The molecule has 0 heterocycles. The summed E-state index contributed by atoms with van der Waals surface area (Å²) in [6.45, 7) is 2.64. The van der Waals surface area contributed by atoms with E-state index in [0.29, 0.717) is 0 Å². The monoisotopic (exact) mass is 286 g/mol. The van der Waals surface area contributed by atoms with Crippen LogP contribution >= 0.6 is 22.6 Å². The Balaban J connectivity index is 3.60. The van der Waals surface area contributed by atoms with Gasteiger partial charge >= 0.3 is 0 Å². The molecule has 1 aromatic rings. The molecule has 0 saturated carbocycles. The van der Waals surface area contributed by atoms with Gasteiger partial charge in [-0.1, -0.05) is 0 Å². The smallest absolute Gasteiger partial charge is 0.172 e. The van der Waals surface area contributed by atoms with Crippen LogP contribution in [0.1, 0.15) is 11.1 Å². The predicted octanol–water partition coefficient (Wildman–Crippen LogP) is 3.33. The number of hydrogen-bond acceptors (Lipinski definition) is 0. The minimum Gasteiger partial charge on any atom is -0.206 e. The summed E-state index contributed by atoms with van der Waals surface area (Å²) >= 11 is 1.58. The third kappa shape index (κ3) is 1.32. The zero-order valence-corrected chi connectivity index (χ0v) is 8.67. The first-order valence-corrected chi connectivity index (χ1v) is 4.33. The number of benzene rings is 1. The van der Waals surface area contributed by atoms with E-state index in [4.69, 9.17) is 0 Å². The Hall–Kier alpha value is -0.260. The fourth-order valence-corrected chi connectivity index (χ4v) is 1.37. The van der Waals surface area contributed by atoms with Gasteiger partial charge in [0.1, 0.15) is 5.82 Å². The highest BCUT2D eigenvalue weighted by molar-refractivity contribution is 14.1. The van der Waals surface area contributed by atoms with Gasteiger partial charge in [0.15, 0.2) is 11.6 Å². The van der Waals surface area contributed by atoms with Gasteiger partial charge in [0, 0.05) is 11.1 Å². The fourth-order valence-electron chi connectivity index (χ4n) is 0.900. The molecule has 66 valence electrons. The van der Waals surface area contributed by atoms with Gasteiger partial charge in [0.2, 0.25) is 0 Å². The van der Waals surface area contributed by atoms with Gasteiger partial charge in [-0.3, -0.25) is 0 Å². The molecular weight excluding hydrogens is 280 g/mol. The zero-order valence-electron chi connectivity index (χ0n) is 6.51. The Kier molecular flexibility index (Phi) is 2.65. The summed E-state index contributed by atoms with van der Waals surface area (Å²) in [5.41, 5.74) is -0.0996. The summed E-state index contributed by atoms with van der Waals surface area (Å²) in [4.78, 5) is 0. The van der Waals surface area contributed by atoms with Crippen molar-refractivity contribution in [3.63, 3.8) is 0 Å². The van der Waals surface area contributed by atoms with Crippen LogP contribution < -0.4 is 0 Å². The van der Waals surface area contributed by atoms with Crippen molar-refractivity contribution in [2.45, 2.75) is 13.8 Å². The molecule has 0 aliphatic carbocycles. The van der Waals surface area contributed by atoms with E-state index >= 15 is 0 Å². The van der Waals surface area contributed by atoms with Gasteiger partial charge in [-0.25, -0.2) is 13.2 Å². The van der Waals surface area contributed by atoms with Crippen molar-refractivity contribution in [1.29, 1.82) is 0 Å². The molecule has 0 N–H and O–H groups in total. The maximum Gasteiger partial charge on any atom is 0.172 e. The molecule has 0 aromatic heterocycles. The van der Waals surface area contributed by atoms with Crippen LogP contribution in [-0.4, -0.2) is 0 Å². The second kappa shape index (κ2) is 3.24. The van der Waals surface area contributed by atoms with Gasteiger partial charge < -0.3 is 0 Å². The molecule has 0 amide bonds. The second-order valence-corrected chi connectivity index (χ2v) is 3.58. The zero-order chi connectivity index (χ0) is 9.46. The number of rotatable bonds is 0. The summed E-state index contributed by atoms with van der Waals surface area (Å²) < 4.78 is 38.7. The van der Waals surface area contributed by atoms with Crippen molar-refractivity contribution in [2.75, 3.05) is 0 Å². The largest absolute Gasteiger partial charge is 0.206 e. The lowest BCUT2D eigenvalue weighted by molar-refractivity contribution is 0.478. The summed E-state index contributed by atoms with van der Waals surface area (Å²) in [6.07, 6.45) is 0. The first-order chi connectivity index (χ1) is 5.46. The SMILES string of the molecule is Cc1c(F)c(C)c(I)c(F)c1F. The Morgan fingerprint density at radius 3 is 1.83 bits per heavy atom. The highest BCUT2D eigenvalue weighted by atomic mass is 127. The van der Waals surface area contributed by atoms with E-state index in [-0.39, 0.29) is 14.7 Å². The van der Waals surface area contributed by atoms with Gasteiger partial charge in [0.05, 0.1) is 3.57 Å². The van der Waals surface area contributed by atoms with Crippen LogP contribution in [0.4, 0.5) is 13.2 Å². The molecule has 4 heteroatoms. The van der Waals surface area contributed by atoms with E-state index in [1.807, 2.05) is 0 Å².